The molecule has 1 N–H and O–H groups in total. The molecule has 0 aliphatic carbocycles. The Balaban J connectivity index is 2.53. The van der Waals surface area contributed by atoms with Crippen molar-refractivity contribution in [3.63, 3.8) is 0 Å². The van der Waals surface area contributed by atoms with Crippen molar-refractivity contribution in [2.24, 2.45) is 7.05 Å². The summed E-state index contributed by atoms with van der Waals surface area (Å²) in [5, 5.41) is 7.75. The third-order valence-electron chi connectivity index (χ3n) is 3.33. The van der Waals surface area contributed by atoms with Crippen LogP contribution in [0.25, 0.3) is 0 Å². The van der Waals surface area contributed by atoms with E-state index in [4.69, 9.17) is 4.74 Å². The Morgan fingerprint density at radius 1 is 1.39 bits per heavy atom. The van der Waals surface area contributed by atoms with E-state index in [0.29, 0.717) is 12.1 Å². The minimum atomic E-state index is 0.308. The molecule has 0 bridgehead atoms. The number of hydrogen-bond acceptors (Lipinski definition) is 3. The van der Waals surface area contributed by atoms with E-state index in [9.17, 15) is 0 Å². The van der Waals surface area contributed by atoms with Crippen LogP contribution in [0.1, 0.15) is 39.3 Å². The molecule has 0 aliphatic rings. The van der Waals surface area contributed by atoms with E-state index < -0.39 is 0 Å². The molecule has 4 nitrogen and oxygen atoms in total. The number of nitrogens with one attached hydrogen (secondary N) is 1. The van der Waals surface area contributed by atoms with Crippen molar-refractivity contribution >= 4 is 0 Å². The van der Waals surface area contributed by atoms with Crippen LogP contribution in [0.2, 0.25) is 0 Å². The number of aryl methyl sites for hydroxylation is 2. The predicted octanol–water partition coefficient (Wildman–Crippen LogP) is 2.15. The Kier molecular flexibility index (Phi) is 6.98. The van der Waals surface area contributed by atoms with Gasteiger partial charge in [0.1, 0.15) is 0 Å². The van der Waals surface area contributed by atoms with Gasteiger partial charge in [0.25, 0.3) is 0 Å². The molecule has 0 fully saturated rings. The lowest BCUT2D eigenvalue weighted by atomic mass is 10.0. The van der Waals surface area contributed by atoms with Crippen LogP contribution in [0.5, 0.6) is 0 Å². The highest BCUT2D eigenvalue weighted by Gasteiger charge is 2.19. The summed E-state index contributed by atoms with van der Waals surface area (Å²) in [7, 11) is 2.00. The molecular formula is C14H27N3O. The number of rotatable bonds is 9. The molecule has 0 aliphatic heterocycles. The first-order chi connectivity index (χ1) is 8.72. The fourth-order valence-corrected chi connectivity index (χ4v) is 2.36. The Bertz CT molecular complexity index is 325. The fraction of sp³-hybridized carbons (Fsp3) is 0.786. The van der Waals surface area contributed by atoms with Gasteiger partial charge in [-0.25, -0.2) is 0 Å². The van der Waals surface area contributed by atoms with Crippen LogP contribution in [-0.2, 0) is 18.2 Å². The summed E-state index contributed by atoms with van der Waals surface area (Å²) in [6, 6.07) is 2.51. The van der Waals surface area contributed by atoms with E-state index in [1.807, 2.05) is 17.9 Å². The molecule has 0 spiro atoms. The smallest absolute Gasteiger partial charge is 0.0725 e. The molecule has 1 heterocycles. The molecule has 0 saturated carbocycles. The third-order valence-corrected chi connectivity index (χ3v) is 3.33. The number of nitrogens with zero attached hydrogens (tertiary/aromatic N) is 2. The highest BCUT2D eigenvalue weighted by atomic mass is 16.5. The van der Waals surface area contributed by atoms with E-state index in [0.717, 1.165) is 32.4 Å². The molecule has 2 unspecified atom stereocenters. The molecular weight excluding hydrogens is 226 g/mol. The maximum atomic E-state index is 5.82. The normalized spacial score (nSPS) is 14.7. The second-order valence-electron chi connectivity index (χ2n) is 4.55. The Labute approximate surface area is 111 Å². The molecule has 1 aromatic heterocycles. The Morgan fingerprint density at radius 2 is 2.17 bits per heavy atom. The lowest BCUT2D eigenvalue weighted by Crippen LogP contribution is -2.41. The zero-order chi connectivity index (χ0) is 13.4. The van der Waals surface area contributed by atoms with E-state index in [-0.39, 0.29) is 0 Å². The predicted molar refractivity (Wildman–Crippen MR) is 74.7 cm³/mol. The summed E-state index contributed by atoms with van der Waals surface area (Å²) in [5.74, 6) is 0. The number of aromatic nitrogens is 2. The average Bonchev–Trinajstić information content (AvgIpc) is 2.77. The summed E-state index contributed by atoms with van der Waals surface area (Å²) < 4.78 is 7.77. The van der Waals surface area contributed by atoms with Gasteiger partial charge in [0, 0.05) is 31.6 Å². The number of ether oxygens (including phenoxy) is 1. The molecule has 0 aromatic carbocycles. The summed E-state index contributed by atoms with van der Waals surface area (Å²) >= 11 is 0. The van der Waals surface area contributed by atoms with Gasteiger partial charge < -0.3 is 10.1 Å². The van der Waals surface area contributed by atoms with Crippen LogP contribution in [0.15, 0.2) is 12.3 Å². The summed E-state index contributed by atoms with van der Waals surface area (Å²) in [6.45, 7) is 8.17. The summed E-state index contributed by atoms with van der Waals surface area (Å²) in [6.07, 6.45) is 5.35. The zero-order valence-electron chi connectivity index (χ0n) is 12.1. The minimum Gasteiger partial charge on any atom is -0.377 e. The molecule has 0 amide bonds. The lowest BCUT2D eigenvalue weighted by molar-refractivity contribution is 0.0300. The van der Waals surface area contributed by atoms with Gasteiger partial charge in [-0.05, 0) is 38.8 Å². The molecule has 1 rings (SSSR count). The van der Waals surface area contributed by atoms with Crippen molar-refractivity contribution in [3.8, 4) is 0 Å². The van der Waals surface area contributed by atoms with Crippen LogP contribution < -0.4 is 5.32 Å². The fourth-order valence-electron chi connectivity index (χ4n) is 2.36. The highest BCUT2D eigenvalue weighted by molar-refractivity contribution is 5.00. The van der Waals surface area contributed by atoms with Crippen molar-refractivity contribution in [2.45, 2.75) is 52.2 Å². The molecule has 0 saturated heterocycles. The van der Waals surface area contributed by atoms with Gasteiger partial charge in [-0.2, -0.15) is 5.10 Å². The van der Waals surface area contributed by atoms with Crippen molar-refractivity contribution in [1.82, 2.24) is 15.1 Å². The second-order valence-corrected chi connectivity index (χ2v) is 4.55. The van der Waals surface area contributed by atoms with E-state index >= 15 is 0 Å². The van der Waals surface area contributed by atoms with Gasteiger partial charge in [0.05, 0.1) is 6.10 Å². The zero-order valence-corrected chi connectivity index (χ0v) is 12.1. The van der Waals surface area contributed by atoms with Gasteiger partial charge in [-0.15, -0.1) is 0 Å². The van der Waals surface area contributed by atoms with Gasteiger partial charge >= 0.3 is 0 Å². The number of hydrogen-bond donors (Lipinski definition) is 1. The second kappa shape index (κ2) is 8.27. The third kappa shape index (κ3) is 4.42. The molecule has 0 radical (unpaired) electrons. The van der Waals surface area contributed by atoms with Crippen molar-refractivity contribution < 1.29 is 4.74 Å². The maximum Gasteiger partial charge on any atom is 0.0725 e. The van der Waals surface area contributed by atoms with E-state index in [1.54, 1.807) is 0 Å². The standard InChI is InChI=1S/C14H27N3O/c1-5-14(18-7-3)13(15-6-2)9-8-12-10-11-16-17(12)4/h10-11,13-15H,5-9H2,1-4H3. The molecule has 2 atom stereocenters. The SMILES string of the molecule is CCNC(CCc1ccnn1C)C(CC)OCC. The molecule has 1 aromatic rings. The monoisotopic (exact) mass is 253 g/mol. The summed E-state index contributed by atoms with van der Waals surface area (Å²) in [4.78, 5) is 0. The molecule has 18 heavy (non-hydrogen) atoms. The topological polar surface area (TPSA) is 39.1 Å². The summed E-state index contributed by atoms with van der Waals surface area (Å²) in [5.41, 5.74) is 1.28. The van der Waals surface area contributed by atoms with E-state index in [1.165, 1.54) is 5.69 Å². The van der Waals surface area contributed by atoms with Crippen LogP contribution in [-0.4, -0.2) is 35.1 Å². The first-order valence-corrected chi connectivity index (χ1v) is 7.04. The largest absolute Gasteiger partial charge is 0.377 e. The van der Waals surface area contributed by atoms with Gasteiger partial charge in [-0.1, -0.05) is 13.8 Å². The van der Waals surface area contributed by atoms with Crippen LogP contribution in [0, 0.1) is 0 Å². The Hall–Kier alpha value is -0.870. The van der Waals surface area contributed by atoms with E-state index in [2.05, 4.69) is 37.3 Å². The van der Waals surface area contributed by atoms with Gasteiger partial charge in [0.15, 0.2) is 0 Å². The minimum absolute atomic E-state index is 0.308. The average molecular weight is 253 g/mol. The molecule has 4 heteroatoms. The first kappa shape index (κ1) is 15.2. The quantitative estimate of drug-likeness (QED) is 0.733. The van der Waals surface area contributed by atoms with Gasteiger partial charge in [-0.3, -0.25) is 4.68 Å². The Morgan fingerprint density at radius 3 is 2.67 bits per heavy atom. The van der Waals surface area contributed by atoms with Crippen molar-refractivity contribution in [2.75, 3.05) is 13.2 Å². The van der Waals surface area contributed by atoms with Crippen molar-refractivity contribution in [3.05, 3.63) is 18.0 Å². The van der Waals surface area contributed by atoms with Crippen molar-refractivity contribution in [1.29, 1.82) is 0 Å². The first-order valence-electron chi connectivity index (χ1n) is 7.04. The highest BCUT2D eigenvalue weighted by Crippen LogP contribution is 2.12. The van der Waals surface area contributed by atoms with Gasteiger partial charge in [0.2, 0.25) is 0 Å². The number of likely N-dealkylation sites (N-methyl/N-ethyl adjacent to an activating group) is 1. The van der Waals surface area contributed by atoms with Crippen LogP contribution >= 0.6 is 0 Å². The van der Waals surface area contributed by atoms with Crippen LogP contribution in [0.4, 0.5) is 0 Å². The molecule has 104 valence electrons. The maximum absolute atomic E-state index is 5.82. The lowest BCUT2D eigenvalue weighted by Gasteiger charge is -2.27. The van der Waals surface area contributed by atoms with Crippen LogP contribution in [0.3, 0.4) is 0 Å².